The summed E-state index contributed by atoms with van der Waals surface area (Å²) in [4.78, 5) is 55.5. The van der Waals surface area contributed by atoms with Gasteiger partial charge in [-0.2, -0.15) is 4.98 Å². The summed E-state index contributed by atoms with van der Waals surface area (Å²) in [5, 5.41) is 20.9. The zero-order valence-electron chi connectivity index (χ0n) is 22.6. The summed E-state index contributed by atoms with van der Waals surface area (Å²) < 4.78 is 50.6. The van der Waals surface area contributed by atoms with Gasteiger partial charge in [0.1, 0.15) is 29.7 Å². The number of nitrogens with one attached hydrogen (secondary N) is 1. The van der Waals surface area contributed by atoms with Crippen molar-refractivity contribution in [2.24, 2.45) is 0 Å². The van der Waals surface area contributed by atoms with Gasteiger partial charge in [0, 0.05) is 4.57 Å². The summed E-state index contributed by atoms with van der Waals surface area (Å²) in [6.45, 7) is 0.843. The van der Waals surface area contributed by atoms with Crippen LogP contribution >= 0.6 is 15.9 Å². The van der Waals surface area contributed by atoms with Crippen LogP contribution in [0.4, 0.5) is 11.8 Å². The molecule has 4 aromatic heterocycles. The Morgan fingerprint density at radius 3 is 2.57 bits per heavy atom. The maximum absolute atomic E-state index is 13.9. The summed E-state index contributed by atoms with van der Waals surface area (Å²) in [6.07, 6.45) is -5.83. The van der Waals surface area contributed by atoms with E-state index in [1.54, 1.807) is 0 Å². The molecule has 0 spiro atoms. The van der Waals surface area contributed by atoms with Crippen molar-refractivity contribution in [2.45, 2.75) is 62.0 Å². The van der Waals surface area contributed by atoms with Crippen LogP contribution in [-0.4, -0.2) is 102 Å². The summed E-state index contributed by atoms with van der Waals surface area (Å²) in [6, 6.07) is 0. The predicted molar refractivity (Wildman–Crippen MR) is 147 cm³/mol. The molecule has 6 heterocycles. The number of ether oxygens (including phenoxy) is 2. The lowest BCUT2D eigenvalue weighted by Crippen LogP contribution is -2.39. The molecule has 10 unspecified atom stereocenters. The lowest BCUT2D eigenvalue weighted by atomic mass is 10.1. The lowest BCUT2D eigenvalue weighted by molar-refractivity contribution is -0.0718. The molecule has 0 saturated carbocycles. The highest BCUT2D eigenvalue weighted by molar-refractivity contribution is 7.53. The molecule has 4 aromatic rings. The van der Waals surface area contributed by atoms with Crippen LogP contribution in [0.2, 0.25) is 0 Å². The number of anilines is 2. The minimum absolute atomic E-state index is 0.0322. The van der Waals surface area contributed by atoms with Crippen LogP contribution in [0.25, 0.3) is 22.3 Å². The second-order valence-corrected chi connectivity index (χ2v) is 12.8. The fourth-order valence-corrected chi connectivity index (χ4v) is 7.71. The standard InChI is InChI=1S/C21H26N10O11P2/c1-7(13-14(41-43(35)36)12(33)20(40-13)30-5-26-10-15(22)24-4-25-16(10)30)42-44(37,38)9-2-8(3-32)39-19(9)31-6-27-11-17(31)28-21(23)29-18(11)34/h4-9,12-14,19-20,32-33H,2-3H2,1H3,(H6-,22,23,24,25,28,29,34,35,36,37,38)/p+1. The zero-order valence-corrected chi connectivity index (χ0v) is 24.4. The number of aromatic amines is 1. The van der Waals surface area contributed by atoms with Gasteiger partial charge in [0.2, 0.25) is 5.95 Å². The Kier molecular flexibility index (Phi) is 7.95. The van der Waals surface area contributed by atoms with E-state index in [9.17, 15) is 33.9 Å². The minimum atomic E-state index is -4.74. The number of aromatic nitrogens is 8. The van der Waals surface area contributed by atoms with E-state index in [1.807, 2.05) is 0 Å². The molecule has 23 heteroatoms. The summed E-state index contributed by atoms with van der Waals surface area (Å²) in [7, 11) is -8.00. The largest absolute Gasteiger partial charge is 0.695 e. The van der Waals surface area contributed by atoms with Gasteiger partial charge in [-0.3, -0.25) is 23.5 Å². The Labute approximate surface area is 246 Å². The van der Waals surface area contributed by atoms with Crippen molar-refractivity contribution >= 4 is 49.9 Å². The van der Waals surface area contributed by atoms with Crippen LogP contribution in [-0.2, 0) is 27.7 Å². The van der Waals surface area contributed by atoms with E-state index in [2.05, 4.69) is 29.9 Å². The molecule has 2 aliphatic heterocycles. The highest BCUT2D eigenvalue weighted by Gasteiger charge is 2.55. The predicted octanol–water partition coefficient (Wildman–Crippen LogP) is -1.34. The molecule has 9 N–H and O–H groups in total. The normalized spacial score (nSPS) is 29.8. The van der Waals surface area contributed by atoms with Crippen molar-refractivity contribution in [3.8, 4) is 0 Å². The molecule has 0 bridgehead atoms. The molecule has 6 rings (SSSR count). The topological polar surface area (TPSA) is 311 Å². The Morgan fingerprint density at radius 1 is 1.16 bits per heavy atom. The van der Waals surface area contributed by atoms with E-state index in [0.717, 1.165) is 0 Å². The molecule has 2 aliphatic rings. The Balaban J connectivity index is 1.29. The Hall–Kier alpha value is -3.49. The summed E-state index contributed by atoms with van der Waals surface area (Å²) in [5.41, 5.74) is 9.81. The van der Waals surface area contributed by atoms with Gasteiger partial charge in [-0.25, -0.2) is 19.9 Å². The van der Waals surface area contributed by atoms with Gasteiger partial charge in [0.15, 0.2) is 41.2 Å². The molecule has 0 aromatic carbocycles. The molecular formula is C21H27N10O11P2+. The number of aliphatic hydroxyl groups excluding tert-OH is 2. The number of imidazole rings is 2. The average Bonchev–Trinajstić information content (AvgIpc) is 3.73. The Bertz CT molecular complexity index is 1830. The van der Waals surface area contributed by atoms with Crippen LogP contribution in [0, 0.1) is 0 Å². The smallest absolute Gasteiger partial charge is 0.394 e. The third-order valence-corrected chi connectivity index (χ3v) is 9.78. The molecule has 2 fully saturated rings. The van der Waals surface area contributed by atoms with Crippen LogP contribution in [0.3, 0.4) is 0 Å². The second-order valence-electron chi connectivity index (χ2n) is 10.2. The van der Waals surface area contributed by atoms with Crippen LogP contribution in [0.15, 0.2) is 23.8 Å². The number of hydrogen-bond acceptors (Lipinski definition) is 16. The number of fused-ring (bicyclic) bond motifs is 2. The van der Waals surface area contributed by atoms with Crippen molar-refractivity contribution < 1.29 is 47.7 Å². The molecule has 21 nitrogen and oxygen atoms in total. The second kappa shape index (κ2) is 11.5. The lowest BCUT2D eigenvalue weighted by Gasteiger charge is -2.29. The third-order valence-electron chi connectivity index (χ3n) is 7.42. The number of rotatable bonds is 9. The van der Waals surface area contributed by atoms with Crippen molar-refractivity contribution in [3.63, 3.8) is 0 Å². The first-order valence-corrected chi connectivity index (χ1v) is 15.8. The van der Waals surface area contributed by atoms with Crippen molar-refractivity contribution in [3.05, 3.63) is 29.3 Å². The molecule has 10 atom stereocenters. The first-order chi connectivity index (χ1) is 20.9. The van der Waals surface area contributed by atoms with E-state index in [4.69, 9.17) is 30.0 Å². The SMILES string of the molecule is CC(OP(=O)(O)C1CC(CO)OC1n1cnc2c(=O)[nH]c(N)nc21)C1OC(n2cnc3c(N)ncnc32)C(O)C1O[P+](=O)O. The van der Waals surface area contributed by atoms with E-state index in [-0.39, 0.29) is 40.5 Å². The molecule has 0 amide bonds. The summed E-state index contributed by atoms with van der Waals surface area (Å²) in [5.74, 6) is -0.168. The number of nitrogen functional groups attached to an aromatic ring is 2. The van der Waals surface area contributed by atoms with Gasteiger partial charge < -0.3 is 40.6 Å². The maximum atomic E-state index is 13.9. The zero-order chi connectivity index (χ0) is 31.5. The van der Waals surface area contributed by atoms with E-state index in [1.165, 1.54) is 35.0 Å². The molecule has 44 heavy (non-hydrogen) atoms. The first-order valence-electron chi connectivity index (χ1n) is 13.0. The van der Waals surface area contributed by atoms with Gasteiger partial charge in [0.25, 0.3) is 5.56 Å². The van der Waals surface area contributed by atoms with Gasteiger partial charge in [-0.15, -0.1) is 9.42 Å². The van der Waals surface area contributed by atoms with Gasteiger partial charge in [-0.1, -0.05) is 0 Å². The number of H-pyrrole nitrogens is 1. The molecule has 0 radical (unpaired) electrons. The van der Waals surface area contributed by atoms with Gasteiger partial charge in [0.05, 0.1) is 31.5 Å². The minimum Gasteiger partial charge on any atom is -0.394 e. The monoisotopic (exact) mass is 657 g/mol. The number of nitrogens with zero attached hydrogens (tertiary/aromatic N) is 7. The first kappa shape index (κ1) is 30.5. The quantitative estimate of drug-likeness (QED) is 0.102. The van der Waals surface area contributed by atoms with Crippen LogP contribution < -0.4 is 17.0 Å². The van der Waals surface area contributed by atoms with Crippen molar-refractivity contribution in [1.29, 1.82) is 0 Å². The average molecular weight is 657 g/mol. The number of nitrogens with two attached hydrogens (primary N) is 2. The van der Waals surface area contributed by atoms with Gasteiger partial charge in [-0.05, 0) is 13.3 Å². The van der Waals surface area contributed by atoms with Crippen molar-refractivity contribution in [2.75, 3.05) is 18.1 Å². The van der Waals surface area contributed by atoms with E-state index < -0.39 is 76.7 Å². The fourth-order valence-electron chi connectivity index (χ4n) is 5.46. The van der Waals surface area contributed by atoms with Crippen LogP contribution in [0.5, 0.6) is 0 Å². The third kappa shape index (κ3) is 5.26. The molecule has 2 saturated heterocycles. The summed E-state index contributed by atoms with van der Waals surface area (Å²) >= 11 is 0. The number of hydrogen-bond donors (Lipinski definition) is 7. The highest BCUT2D eigenvalue weighted by atomic mass is 31.2. The van der Waals surface area contributed by atoms with E-state index in [0.29, 0.717) is 0 Å². The molecule has 0 aliphatic carbocycles. The number of aliphatic hydroxyl groups is 2. The molecule has 236 valence electrons. The van der Waals surface area contributed by atoms with Crippen molar-refractivity contribution in [1.82, 2.24) is 39.0 Å². The van der Waals surface area contributed by atoms with E-state index >= 15 is 0 Å². The Morgan fingerprint density at radius 2 is 1.86 bits per heavy atom. The van der Waals surface area contributed by atoms with Gasteiger partial charge >= 0.3 is 15.9 Å². The van der Waals surface area contributed by atoms with Crippen LogP contribution in [0.1, 0.15) is 25.8 Å². The maximum Gasteiger partial charge on any atom is 0.695 e. The fraction of sp³-hybridized carbons (Fsp3) is 0.524. The molecular weight excluding hydrogens is 630 g/mol. The highest BCUT2D eigenvalue weighted by Crippen LogP contribution is 2.58.